The first-order valence-corrected chi connectivity index (χ1v) is 9.20. The van der Waals surface area contributed by atoms with Crippen LogP contribution in [0.25, 0.3) is 0 Å². The molecule has 0 spiro atoms. The van der Waals surface area contributed by atoms with Crippen molar-refractivity contribution in [2.45, 2.75) is 43.5 Å². The van der Waals surface area contributed by atoms with Crippen molar-refractivity contribution in [2.24, 2.45) is 11.7 Å². The highest BCUT2D eigenvalue weighted by molar-refractivity contribution is 9.10. The molecule has 4 nitrogen and oxygen atoms in total. The molecule has 0 heterocycles. The zero-order valence-electron chi connectivity index (χ0n) is 11.6. The molecule has 6 heteroatoms. The van der Waals surface area contributed by atoms with Crippen LogP contribution in [-0.2, 0) is 10.0 Å². The molecule has 0 saturated heterocycles. The van der Waals surface area contributed by atoms with Gasteiger partial charge in [-0.25, -0.2) is 13.1 Å². The molecular weight excluding hydrogens is 340 g/mol. The molecule has 1 saturated carbocycles. The Morgan fingerprint density at radius 2 is 2.05 bits per heavy atom. The predicted octanol–water partition coefficient (Wildman–Crippen LogP) is 2.55. The average molecular weight is 361 g/mol. The highest BCUT2D eigenvalue weighted by Crippen LogP contribution is 2.26. The topological polar surface area (TPSA) is 72.2 Å². The maximum Gasteiger partial charge on any atom is 0.241 e. The molecule has 2 unspecified atom stereocenters. The van der Waals surface area contributed by atoms with Crippen molar-refractivity contribution in [1.82, 2.24) is 4.72 Å². The van der Waals surface area contributed by atoms with Crippen molar-refractivity contribution in [3.05, 3.63) is 28.2 Å². The Bertz CT molecular complexity index is 575. The van der Waals surface area contributed by atoms with Crippen molar-refractivity contribution in [3.63, 3.8) is 0 Å². The number of rotatable bonds is 4. The zero-order valence-corrected chi connectivity index (χ0v) is 14.0. The molecule has 1 aromatic rings. The molecule has 1 aliphatic rings. The van der Waals surface area contributed by atoms with Gasteiger partial charge in [0.25, 0.3) is 0 Å². The first kappa shape index (κ1) is 15.9. The van der Waals surface area contributed by atoms with E-state index >= 15 is 0 Å². The largest absolute Gasteiger partial charge is 0.330 e. The van der Waals surface area contributed by atoms with E-state index in [0.717, 1.165) is 35.7 Å². The van der Waals surface area contributed by atoms with Gasteiger partial charge in [-0.3, -0.25) is 0 Å². The fraction of sp³-hybridized carbons (Fsp3) is 0.571. The van der Waals surface area contributed by atoms with E-state index in [1.54, 1.807) is 12.1 Å². The summed E-state index contributed by atoms with van der Waals surface area (Å²) < 4.78 is 28.7. The molecule has 112 valence electrons. The summed E-state index contributed by atoms with van der Waals surface area (Å²) in [5, 5.41) is 0. The van der Waals surface area contributed by atoms with Gasteiger partial charge >= 0.3 is 0 Å². The average Bonchev–Trinajstić information content (AvgIpc) is 2.41. The van der Waals surface area contributed by atoms with Crippen molar-refractivity contribution in [1.29, 1.82) is 0 Å². The van der Waals surface area contributed by atoms with Crippen LogP contribution in [0.4, 0.5) is 0 Å². The van der Waals surface area contributed by atoms with Gasteiger partial charge in [-0.2, -0.15) is 0 Å². The summed E-state index contributed by atoms with van der Waals surface area (Å²) in [5.41, 5.74) is 6.51. The Balaban J connectivity index is 2.24. The third kappa shape index (κ3) is 3.61. The van der Waals surface area contributed by atoms with Crippen LogP contribution in [0.15, 0.2) is 27.6 Å². The van der Waals surface area contributed by atoms with E-state index in [4.69, 9.17) is 5.73 Å². The number of nitrogens with two attached hydrogens (primary N) is 1. The molecule has 0 amide bonds. The third-order valence-electron chi connectivity index (χ3n) is 3.96. The van der Waals surface area contributed by atoms with Crippen LogP contribution in [0.3, 0.4) is 0 Å². The number of hydrogen-bond acceptors (Lipinski definition) is 3. The van der Waals surface area contributed by atoms with Gasteiger partial charge in [0.1, 0.15) is 0 Å². The number of aryl methyl sites for hydroxylation is 1. The monoisotopic (exact) mass is 360 g/mol. The zero-order chi connectivity index (χ0) is 14.8. The van der Waals surface area contributed by atoms with Gasteiger partial charge in [-0.05, 0) is 49.9 Å². The second kappa shape index (κ2) is 6.56. The van der Waals surface area contributed by atoms with E-state index in [0.29, 0.717) is 11.4 Å². The number of hydrogen-bond donors (Lipinski definition) is 2. The minimum atomic E-state index is -3.49. The molecule has 2 atom stereocenters. The van der Waals surface area contributed by atoms with Crippen LogP contribution in [0.5, 0.6) is 0 Å². The molecule has 1 fully saturated rings. The smallest absolute Gasteiger partial charge is 0.241 e. The number of benzene rings is 1. The Hall–Kier alpha value is -0.430. The highest BCUT2D eigenvalue weighted by atomic mass is 79.9. The van der Waals surface area contributed by atoms with E-state index in [2.05, 4.69) is 20.7 Å². The van der Waals surface area contributed by atoms with Crippen LogP contribution in [0.2, 0.25) is 0 Å². The van der Waals surface area contributed by atoms with Gasteiger partial charge in [0.2, 0.25) is 10.0 Å². The van der Waals surface area contributed by atoms with E-state index in [1.165, 1.54) is 0 Å². The van der Waals surface area contributed by atoms with Gasteiger partial charge in [0.05, 0.1) is 4.90 Å². The summed E-state index contributed by atoms with van der Waals surface area (Å²) in [6.45, 7) is 2.34. The lowest BCUT2D eigenvalue weighted by molar-refractivity contribution is 0.296. The van der Waals surface area contributed by atoms with Crippen LogP contribution in [-0.4, -0.2) is 21.0 Å². The summed E-state index contributed by atoms with van der Waals surface area (Å²) in [6, 6.07) is 5.26. The van der Waals surface area contributed by atoms with E-state index in [-0.39, 0.29) is 12.0 Å². The van der Waals surface area contributed by atoms with Gasteiger partial charge in [-0.15, -0.1) is 0 Å². The van der Waals surface area contributed by atoms with Gasteiger partial charge in [0, 0.05) is 10.5 Å². The van der Waals surface area contributed by atoms with Crippen LogP contribution >= 0.6 is 15.9 Å². The molecule has 0 bridgehead atoms. The fourth-order valence-electron chi connectivity index (χ4n) is 2.77. The van der Waals surface area contributed by atoms with Crippen molar-refractivity contribution in [3.8, 4) is 0 Å². The first-order chi connectivity index (χ1) is 9.44. The lowest BCUT2D eigenvalue weighted by Gasteiger charge is -2.31. The number of sulfonamides is 1. The van der Waals surface area contributed by atoms with E-state index < -0.39 is 10.0 Å². The Morgan fingerprint density at radius 3 is 2.75 bits per heavy atom. The highest BCUT2D eigenvalue weighted by Gasteiger charge is 2.29. The molecule has 0 radical (unpaired) electrons. The molecule has 20 heavy (non-hydrogen) atoms. The van der Waals surface area contributed by atoms with Crippen LogP contribution in [0.1, 0.15) is 31.2 Å². The fourth-order valence-corrected chi connectivity index (χ4v) is 4.89. The molecule has 0 aliphatic heterocycles. The quantitative estimate of drug-likeness (QED) is 0.866. The maximum absolute atomic E-state index is 12.6. The van der Waals surface area contributed by atoms with Crippen molar-refractivity contribution >= 4 is 26.0 Å². The maximum atomic E-state index is 12.6. The summed E-state index contributed by atoms with van der Waals surface area (Å²) >= 11 is 3.33. The van der Waals surface area contributed by atoms with E-state index in [1.807, 2.05) is 13.0 Å². The predicted molar refractivity (Wildman–Crippen MR) is 84.0 cm³/mol. The molecular formula is C14H21BrN2O2S. The molecule has 1 aliphatic carbocycles. The Morgan fingerprint density at radius 1 is 1.35 bits per heavy atom. The summed E-state index contributed by atoms with van der Waals surface area (Å²) in [6.07, 6.45) is 4.06. The van der Waals surface area contributed by atoms with Crippen LogP contribution < -0.4 is 10.5 Å². The molecule has 3 N–H and O–H groups in total. The summed E-state index contributed by atoms with van der Waals surface area (Å²) in [5.74, 6) is 0.242. The second-order valence-corrected chi connectivity index (χ2v) is 8.02. The molecule has 0 aromatic heterocycles. The normalized spacial score (nSPS) is 23.8. The first-order valence-electron chi connectivity index (χ1n) is 6.92. The Kier molecular flexibility index (Phi) is 5.23. The molecule has 1 aromatic carbocycles. The number of nitrogens with one attached hydrogen (secondary N) is 1. The second-order valence-electron chi connectivity index (χ2n) is 5.42. The van der Waals surface area contributed by atoms with Crippen LogP contribution in [0, 0.1) is 12.8 Å². The van der Waals surface area contributed by atoms with Gasteiger partial charge in [-0.1, -0.05) is 34.8 Å². The lowest BCUT2D eigenvalue weighted by Crippen LogP contribution is -2.44. The van der Waals surface area contributed by atoms with Crippen molar-refractivity contribution < 1.29 is 8.42 Å². The SMILES string of the molecule is Cc1ccc(Br)cc1S(=O)(=O)NC1CCCCC1CN. The van der Waals surface area contributed by atoms with Gasteiger partial charge in [0.15, 0.2) is 0 Å². The minimum Gasteiger partial charge on any atom is -0.330 e. The third-order valence-corrected chi connectivity index (χ3v) is 6.08. The van der Waals surface area contributed by atoms with Gasteiger partial charge < -0.3 is 5.73 Å². The summed E-state index contributed by atoms with van der Waals surface area (Å²) in [4.78, 5) is 0.341. The Labute approximate surface area is 129 Å². The lowest BCUT2D eigenvalue weighted by atomic mass is 9.85. The standard InChI is InChI=1S/C14H21BrN2O2S/c1-10-6-7-12(15)8-14(10)20(18,19)17-13-5-3-2-4-11(13)9-16/h6-8,11,13,17H,2-5,9,16H2,1H3. The van der Waals surface area contributed by atoms with Crippen molar-refractivity contribution in [2.75, 3.05) is 6.54 Å². The minimum absolute atomic E-state index is 0.0443. The molecule has 2 rings (SSSR count). The van der Waals surface area contributed by atoms with E-state index in [9.17, 15) is 8.42 Å². The number of halogens is 1. The summed E-state index contributed by atoms with van der Waals surface area (Å²) in [7, 11) is -3.49.